The zero-order chi connectivity index (χ0) is 12.5. The third-order valence-electron chi connectivity index (χ3n) is 4.20. The fraction of sp³-hybridized carbons (Fsp3) is 0.571. The molecule has 0 aromatic heterocycles. The van der Waals surface area contributed by atoms with E-state index in [0.29, 0.717) is 5.92 Å². The van der Waals surface area contributed by atoms with E-state index in [0.717, 1.165) is 0 Å². The van der Waals surface area contributed by atoms with Crippen LogP contribution in [0.5, 0.6) is 0 Å². The number of hydrogen-bond acceptors (Lipinski definition) is 2. The van der Waals surface area contributed by atoms with E-state index in [1.54, 1.807) is 12.1 Å². The maximum absolute atomic E-state index is 10.6. The summed E-state index contributed by atoms with van der Waals surface area (Å²) >= 11 is 0. The van der Waals surface area contributed by atoms with Crippen molar-refractivity contribution in [3.63, 3.8) is 0 Å². The molecule has 92 valence electrons. The van der Waals surface area contributed by atoms with Crippen LogP contribution in [0.25, 0.3) is 0 Å². The molecule has 0 N–H and O–H groups in total. The molecule has 0 aliphatic heterocycles. The predicted molar refractivity (Wildman–Crippen MR) is 68.1 cm³/mol. The zero-order valence-corrected chi connectivity index (χ0v) is 10.5. The van der Waals surface area contributed by atoms with Gasteiger partial charge in [-0.15, -0.1) is 0 Å². The van der Waals surface area contributed by atoms with E-state index in [1.807, 2.05) is 12.1 Å². The van der Waals surface area contributed by atoms with Gasteiger partial charge in [-0.25, -0.2) is 0 Å². The lowest BCUT2D eigenvalue weighted by atomic mass is 9.72. The molecular weight excluding hydrogens is 214 g/mol. The molecular formula is C14H19NO2. The summed E-state index contributed by atoms with van der Waals surface area (Å²) < 4.78 is 0. The molecule has 1 aromatic carbocycles. The van der Waals surface area contributed by atoms with E-state index in [9.17, 15) is 10.1 Å². The second kappa shape index (κ2) is 4.47. The monoisotopic (exact) mass is 233 g/mol. The molecule has 0 bridgehead atoms. The van der Waals surface area contributed by atoms with Crippen LogP contribution in [-0.4, -0.2) is 4.92 Å². The van der Waals surface area contributed by atoms with Gasteiger partial charge >= 0.3 is 0 Å². The molecule has 2 rings (SSSR count). The van der Waals surface area contributed by atoms with Crippen molar-refractivity contribution in [2.75, 3.05) is 0 Å². The first-order valence-corrected chi connectivity index (χ1v) is 6.27. The quantitative estimate of drug-likeness (QED) is 0.583. The second-order valence-electron chi connectivity index (χ2n) is 5.51. The average molecular weight is 233 g/mol. The van der Waals surface area contributed by atoms with E-state index in [-0.39, 0.29) is 16.0 Å². The minimum Gasteiger partial charge on any atom is -0.258 e. The third-order valence-corrected chi connectivity index (χ3v) is 4.20. The Bertz CT molecular complexity index is 403. The number of hydrogen-bond donors (Lipinski definition) is 0. The summed E-state index contributed by atoms with van der Waals surface area (Å²) in [5.41, 5.74) is 1.53. The topological polar surface area (TPSA) is 43.1 Å². The molecule has 1 aliphatic carbocycles. The number of rotatable bonds is 3. The van der Waals surface area contributed by atoms with Crippen LogP contribution in [0.1, 0.15) is 45.1 Å². The van der Waals surface area contributed by atoms with E-state index >= 15 is 0 Å². The maximum Gasteiger partial charge on any atom is 0.269 e. The van der Waals surface area contributed by atoms with Crippen molar-refractivity contribution in [2.45, 2.75) is 44.9 Å². The molecule has 0 unspecified atom stereocenters. The minimum absolute atomic E-state index is 0.131. The van der Waals surface area contributed by atoms with Crippen LogP contribution in [0.15, 0.2) is 24.3 Å². The van der Waals surface area contributed by atoms with Gasteiger partial charge in [0.2, 0.25) is 0 Å². The summed E-state index contributed by atoms with van der Waals surface area (Å²) in [5.74, 6) is 0.712. The molecule has 0 heterocycles. The van der Waals surface area contributed by atoms with Crippen LogP contribution >= 0.6 is 0 Å². The van der Waals surface area contributed by atoms with Crippen molar-refractivity contribution in [3.8, 4) is 0 Å². The van der Waals surface area contributed by atoms with E-state index in [4.69, 9.17) is 0 Å². The summed E-state index contributed by atoms with van der Waals surface area (Å²) in [6.45, 7) is 4.51. The SMILES string of the molecule is CC(C)(c1ccc([N+](=O)[O-])cc1)C1CCCC1. The Morgan fingerprint density at radius 2 is 1.71 bits per heavy atom. The van der Waals surface area contributed by atoms with Gasteiger partial charge < -0.3 is 0 Å². The van der Waals surface area contributed by atoms with Crippen molar-refractivity contribution in [3.05, 3.63) is 39.9 Å². The Kier molecular flexibility index (Phi) is 3.18. The van der Waals surface area contributed by atoms with Crippen LogP contribution in [0, 0.1) is 16.0 Å². The fourth-order valence-electron chi connectivity index (χ4n) is 2.90. The highest BCUT2D eigenvalue weighted by Crippen LogP contribution is 2.41. The zero-order valence-electron chi connectivity index (χ0n) is 10.5. The molecule has 0 radical (unpaired) electrons. The standard InChI is InChI=1S/C14H19NO2/c1-14(2,11-5-3-4-6-11)12-7-9-13(10-8-12)15(16)17/h7-11H,3-6H2,1-2H3. The largest absolute Gasteiger partial charge is 0.269 e. The first kappa shape index (κ1) is 12.1. The highest BCUT2D eigenvalue weighted by atomic mass is 16.6. The van der Waals surface area contributed by atoms with E-state index < -0.39 is 0 Å². The Balaban J connectivity index is 2.23. The lowest BCUT2D eigenvalue weighted by Gasteiger charge is -2.32. The molecule has 0 saturated heterocycles. The van der Waals surface area contributed by atoms with E-state index in [1.165, 1.54) is 31.2 Å². The van der Waals surface area contributed by atoms with Gasteiger partial charge in [0.05, 0.1) is 4.92 Å². The second-order valence-corrected chi connectivity index (χ2v) is 5.51. The van der Waals surface area contributed by atoms with Crippen molar-refractivity contribution in [1.29, 1.82) is 0 Å². The summed E-state index contributed by atoms with van der Waals surface area (Å²) in [6, 6.07) is 7.06. The van der Waals surface area contributed by atoms with Gasteiger partial charge in [-0.1, -0.05) is 38.8 Å². The van der Waals surface area contributed by atoms with Crippen molar-refractivity contribution in [1.82, 2.24) is 0 Å². The highest BCUT2D eigenvalue weighted by Gasteiger charge is 2.33. The van der Waals surface area contributed by atoms with Crippen molar-refractivity contribution < 1.29 is 4.92 Å². The molecule has 1 aliphatic rings. The normalized spacial score (nSPS) is 17.3. The molecule has 0 spiro atoms. The van der Waals surface area contributed by atoms with E-state index in [2.05, 4.69) is 13.8 Å². The minimum atomic E-state index is -0.341. The molecule has 1 aromatic rings. The molecule has 0 atom stereocenters. The maximum atomic E-state index is 10.6. The van der Waals surface area contributed by atoms with Crippen molar-refractivity contribution >= 4 is 5.69 Å². The number of nitrogens with zero attached hydrogens (tertiary/aromatic N) is 1. The number of benzene rings is 1. The molecule has 3 nitrogen and oxygen atoms in total. The number of nitro benzene ring substituents is 1. The lowest BCUT2D eigenvalue weighted by molar-refractivity contribution is -0.384. The van der Waals surface area contributed by atoms with Crippen LogP contribution in [0.2, 0.25) is 0 Å². The van der Waals surface area contributed by atoms with Gasteiger partial charge in [0.15, 0.2) is 0 Å². The Morgan fingerprint density at radius 3 is 2.18 bits per heavy atom. The van der Waals surface area contributed by atoms with Crippen LogP contribution in [-0.2, 0) is 5.41 Å². The predicted octanol–water partition coefficient (Wildman–Crippen LogP) is 4.06. The van der Waals surface area contributed by atoms with Gasteiger partial charge in [-0.2, -0.15) is 0 Å². The summed E-state index contributed by atoms with van der Waals surface area (Å²) in [7, 11) is 0. The molecule has 17 heavy (non-hydrogen) atoms. The third kappa shape index (κ3) is 2.33. The molecule has 1 fully saturated rings. The van der Waals surface area contributed by atoms with Gasteiger partial charge in [-0.3, -0.25) is 10.1 Å². The first-order chi connectivity index (χ1) is 8.01. The summed E-state index contributed by atoms with van der Waals surface area (Å²) in [5, 5.41) is 10.6. The van der Waals surface area contributed by atoms with Crippen LogP contribution < -0.4 is 0 Å². The van der Waals surface area contributed by atoms with Crippen LogP contribution in [0.4, 0.5) is 5.69 Å². The molecule has 3 heteroatoms. The van der Waals surface area contributed by atoms with Gasteiger partial charge in [0, 0.05) is 12.1 Å². The molecule has 1 saturated carbocycles. The number of non-ortho nitro benzene ring substituents is 1. The Morgan fingerprint density at radius 1 is 1.18 bits per heavy atom. The van der Waals surface area contributed by atoms with Gasteiger partial charge in [0.1, 0.15) is 0 Å². The Hall–Kier alpha value is -1.38. The molecule has 0 amide bonds. The smallest absolute Gasteiger partial charge is 0.258 e. The van der Waals surface area contributed by atoms with Gasteiger partial charge in [-0.05, 0) is 29.7 Å². The number of nitro groups is 1. The van der Waals surface area contributed by atoms with Crippen molar-refractivity contribution in [2.24, 2.45) is 5.92 Å². The summed E-state index contributed by atoms with van der Waals surface area (Å²) in [4.78, 5) is 10.3. The first-order valence-electron chi connectivity index (χ1n) is 6.27. The van der Waals surface area contributed by atoms with Gasteiger partial charge in [0.25, 0.3) is 5.69 Å². The fourth-order valence-corrected chi connectivity index (χ4v) is 2.90. The Labute approximate surface area is 102 Å². The lowest BCUT2D eigenvalue weighted by Crippen LogP contribution is -2.26. The van der Waals surface area contributed by atoms with Crippen LogP contribution in [0.3, 0.4) is 0 Å². The highest BCUT2D eigenvalue weighted by molar-refractivity contribution is 5.36. The average Bonchev–Trinajstić information content (AvgIpc) is 2.83. The summed E-state index contributed by atoms with van der Waals surface area (Å²) in [6.07, 6.45) is 5.20.